The van der Waals surface area contributed by atoms with Gasteiger partial charge in [-0.15, -0.1) is 0 Å². The van der Waals surface area contributed by atoms with Gasteiger partial charge in [0.25, 0.3) is 0 Å². The van der Waals surface area contributed by atoms with E-state index in [1.54, 1.807) is 23.3 Å². The first-order valence-corrected chi connectivity index (χ1v) is 5.67. The van der Waals surface area contributed by atoms with Crippen molar-refractivity contribution in [3.8, 4) is 0 Å². The van der Waals surface area contributed by atoms with Gasteiger partial charge in [-0.25, -0.2) is 0 Å². The molecule has 0 aromatic carbocycles. The third-order valence-corrected chi connectivity index (χ3v) is 4.17. The van der Waals surface area contributed by atoms with Crippen molar-refractivity contribution in [3.05, 3.63) is 0 Å². The fourth-order valence-corrected chi connectivity index (χ4v) is 3.42. The van der Waals surface area contributed by atoms with E-state index in [0.717, 1.165) is 0 Å². The standard InChI is InChI=1S/C5H11As/c1-2-4-6-5-3-1/h6H,1-5H2. The summed E-state index contributed by atoms with van der Waals surface area (Å²) in [5.74, 6) is 0. The van der Waals surface area contributed by atoms with Gasteiger partial charge in [0.2, 0.25) is 0 Å². The normalized spacial score (nSPS) is 24.0. The molecule has 1 heteroatoms. The second-order valence-electron chi connectivity index (χ2n) is 1.81. The molecule has 0 unspecified atom stereocenters. The first-order chi connectivity index (χ1) is 3.00. The van der Waals surface area contributed by atoms with Crippen LogP contribution in [0.4, 0.5) is 0 Å². The van der Waals surface area contributed by atoms with Gasteiger partial charge in [0.1, 0.15) is 0 Å². The SMILES string of the molecule is C1CC[AsH]CC1. The molecule has 1 aliphatic heterocycles. The number of hydrogen-bond donors (Lipinski definition) is 0. The zero-order valence-corrected chi connectivity index (χ0v) is 6.13. The molecule has 0 radical (unpaired) electrons. The Labute approximate surface area is 46.0 Å². The summed E-state index contributed by atoms with van der Waals surface area (Å²) in [6.45, 7) is 0. The van der Waals surface area contributed by atoms with E-state index in [0.29, 0.717) is 15.8 Å². The molecule has 1 rings (SSSR count). The number of hydrogen-bond acceptors (Lipinski definition) is 0. The Bertz CT molecular complexity index is 19.4. The van der Waals surface area contributed by atoms with Crippen LogP contribution in [0.1, 0.15) is 19.3 Å². The minimum atomic E-state index is 0.608. The summed E-state index contributed by atoms with van der Waals surface area (Å²) in [4.78, 5) is 0. The van der Waals surface area contributed by atoms with E-state index >= 15 is 0 Å². The van der Waals surface area contributed by atoms with Crippen molar-refractivity contribution in [3.63, 3.8) is 0 Å². The predicted octanol–water partition coefficient (Wildman–Crippen LogP) is 1.44. The Morgan fingerprint density at radius 1 is 0.833 bits per heavy atom. The molecule has 36 valence electrons. The minimum absolute atomic E-state index is 0.608. The second kappa shape index (κ2) is 2.69. The molecule has 0 bridgehead atoms. The van der Waals surface area contributed by atoms with Crippen molar-refractivity contribution in [2.45, 2.75) is 29.7 Å². The van der Waals surface area contributed by atoms with E-state index in [4.69, 9.17) is 0 Å². The Morgan fingerprint density at radius 3 is 1.67 bits per heavy atom. The van der Waals surface area contributed by atoms with E-state index in [2.05, 4.69) is 0 Å². The van der Waals surface area contributed by atoms with Gasteiger partial charge in [-0.3, -0.25) is 0 Å². The van der Waals surface area contributed by atoms with Crippen LogP contribution in [0.25, 0.3) is 0 Å². The van der Waals surface area contributed by atoms with Crippen molar-refractivity contribution < 1.29 is 0 Å². The Kier molecular flexibility index (Phi) is 2.11. The molecule has 0 saturated carbocycles. The summed E-state index contributed by atoms with van der Waals surface area (Å²) in [5.41, 5.74) is 0. The van der Waals surface area contributed by atoms with Crippen LogP contribution in [-0.4, -0.2) is 15.8 Å². The van der Waals surface area contributed by atoms with Crippen molar-refractivity contribution in [2.24, 2.45) is 0 Å². The van der Waals surface area contributed by atoms with E-state index in [9.17, 15) is 0 Å². The molecule has 0 aromatic rings. The summed E-state index contributed by atoms with van der Waals surface area (Å²) < 4.78 is 0. The zero-order chi connectivity index (χ0) is 4.24. The van der Waals surface area contributed by atoms with Crippen LogP contribution in [0.15, 0.2) is 0 Å². The van der Waals surface area contributed by atoms with Crippen LogP contribution in [0, 0.1) is 0 Å². The molecule has 1 aliphatic rings. The van der Waals surface area contributed by atoms with Gasteiger partial charge in [0, 0.05) is 0 Å². The Balaban J connectivity index is 2.00. The fraction of sp³-hybridized carbons (Fsp3) is 1.00. The van der Waals surface area contributed by atoms with Crippen LogP contribution in [0.3, 0.4) is 0 Å². The molecule has 0 spiro atoms. The maximum atomic E-state index is 1.62. The van der Waals surface area contributed by atoms with Crippen LogP contribution >= 0.6 is 0 Å². The molecule has 6 heavy (non-hydrogen) atoms. The van der Waals surface area contributed by atoms with Gasteiger partial charge >= 0.3 is 45.4 Å². The van der Waals surface area contributed by atoms with Crippen molar-refractivity contribution in [1.82, 2.24) is 0 Å². The molecular weight excluding hydrogens is 135 g/mol. The van der Waals surface area contributed by atoms with Gasteiger partial charge in [-0.2, -0.15) is 0 Å². The third kappa shape index (κ3) is 1.34. The van der Waals surface area contributed by atoms with E-state index < -0.39 is 0 Å². The molecule has 1 saturated heterocycles. The molecule has 0 atom stereocenters. The average molecular weight is 146 g/mol. The quantitative estimate of drug-likeness (QED) is 0.453. The van der Waals surface area contributed by atoms with Crippen LogP contribution in [-0.2, 0) is 0 Å². The molecule has 0 N–H and O–H groups in total. The summed E-state index contributed by atoms with van der Waals surface area (Å²) in [7, 11) is 0. The first-order valence-electron chi connectivity index (χ1n) is 2.71. The van der Waals surface area contributed by atoms with Crippen LogP contribution in [0.5, 0.6) is 0 Å². The summed E-state index contributed by atoms with van der Waals surface area (Å²) >= 11 is 0.608. The second-order valence-corrected chi connectivity index (χ2v) is 4.96. The van der Waals surface area contributed by atoms with Crippen LogP contribution < -0.4 is 0 Å². The topological polar surface area (TPSA) is 0 Å². The van der Waals surface area contributed by atoms with Crippen LogP contribution in [0.2, 0.25) is 10.4 Å². The maximum absolute atomic E-state index is 1.62. The summed E-state index contributed by atoms with van der Waals surface area (Å²) in [6, 6.07) is 0. The summed E-state index contributed by atoms with van der Waals surface area (Å²) in [5, 5.41) is 3.25. The van der Waals surface area contributed by atoms with Gasteiger partial charge < -0.3 is 0 Å². The van der Waals surface area contributed by atoms with E-state index in [1.807, 2.05) is 0 Å². The average Bonchev–Trinajstić information content (AvgIpc) is 1.72. The third-order valence-electron chi connectivity index (χ3n) is 1.21. The molecule has 1 fully saturated rings. The molecule has 1 heterocycles. The first kappa shape index (κ1) is 4.71. The van der Waals surface area contributed by atoms with E-state index in [-0.39, 0.29) is 0 Å². The zero-order valence-electron chi connectivity index (χ0n) is 4.04. The van der Waals surface area contributed by atoms with Crippen molar-refractivity contribution >= 4 is 15.8 Å². The van der Waals surface area contributed by atoms with E-state index in [1.165, 1.54) is 6.42 Å². The molecule has 0 amide bonds. The van der Waals surface area contributed by atoms with Crippen molar-refractivity contribution in [2.75, 3.05) is 0 Å². The van der Waals surface area contributed by atoms with Gasteiger partial charge in [0.05, 0.1) is 0 Å². The monoisotopic (exact) mass is 146 g/mol. The number of rotatable bonds is 0. The molecule has 0 nitrogen and oxygen atoms in total. The molecule has 0 aliphatic carbocycles. The summed E-state index contributed by atoms with van der Waals surface area (Å²) in [6.07, 6.45) is 4.64. The fourth-order valence-electron chi connectivity index (χ4n) is 0.802. The van der Waals surface area contributed by atoms with Crippen molar-refractivity contribution in [1.29, 1.82) is 0 Å². The van der Waals surface area contributed by atoms with Gasteiger partial charge in [-0.1, -0.05) is 0 Å². The predicted molar refractivity (Wildman–Crippen MR) is 30.6 cm³/mol. The molecular formula is C5H11As. The van der Waals surface area contributed by atoms with Gasteiger partial charge in [0.15, 0.2) is 0 Å². The Hall–Kier alpha value is 0.558. The molecule has 0 aromatic heterocycles. The van der Waals surface area contributed by atoms with Gasteiger partial charge in [-0.05, 0) is 0 Å². The Morgan fingerprint density at radius 2 is 1.50 bits per heavy atom.